The van der Waals surface area contributed by atoms with E-state index < -0.39 is 30.5 Å². The minimum Gasteiger partial charge on any atom is -0.454 e. The van der Waals surface area contributed by atoms with Crippen LogP contribution in [-0.2, 0) is 12.7 Å². The monoisotopic (exact) mass is 568 g/mol. The van der Waals surface area contributed by atoms with E-state index in [0.717, 1.165) is 31.0 Å². The van der Waals surface area contributed by atoms with Crippen molar-refractivity contribution in [2.45, 2.75) is 38.7 Å². The normalized spacial score (nSPS) is 16.0. The Bertz CT molecular complexity index is 1320. The zero-order chi connectivity index (χ0) is 28.9. The maximum Gasteiger partial charge on any atom is 0.422 e. The summed E-state index contributed by atoms with van der Waals surface area (Å²) >= 11 is 0. The minimum atomic E-state index is -4.67. The van der Waals surface area contributed by atoms with Gasteiger partial charge in [0.1, 0.15) is 0 Å². The zero-order valence-corrected chi connectivity index (χ0v) is 21.3. The number of aromatic nitrogens is 3. The number of hydrogen-bond donors (Lipinski definition) is 2. The summed E-state index contributed by atoms with van der Waals surface area (Å²) in [5, 5.41) is 5.38. The molecule has 4 rings (SSSR count). The van der Waals surface area contributed by atoms with Crippen LogP contribution in [0.25, 0.3) is 0 Å². The molecular weight excluding hydrogens is 542 g/mol. The molecule has 1 aromatic heterocycles. The van der Waals surface area contributed by atoms with E-state index in [4.69, 9.17) is 0 Å². The lowest BCUT2D eigenvalue weighted by Crippen LogP contribution is -2.39. The van der Waals surface area contributed by atoms with E-state index in [1.807, 2.05) is 4.90 Å². The van der Waals surface area contributed by atoms with Crippen molar-refractivity contribution in [1.82, 2.24) is 19.9 Å². The number of hydrogen-bond acceptors (Lipinski definition) is 7. The van der Waals surface area contributed by atoms with Gasteiger partial charge in [0.05, 0.1) is 5.56 Å². The predicted molar refractivity (Wildman–Crippen MR) is 134 cm³/mol. The van der Waals surface area contributed by atoms with E-state index in [9.17, 15) is 31.1 Å². The Kier molecular flexibility index (Phi) is 8.64. The van der Waals surface area contributed by atoms with Crippen LogP contribution >= 0.6 is 0 Å². The molecule has 1 aliphatic rings. The van der Waals surface area contributed by atoms with Gasteiger partial charge in [-0.1, -0.05) is 25.1 Å². The molecule has 0 radical (unpaired) electrons. The second-order valence-corrected chi connectivity index (χ2v) is 9.42. The molecule has 2 N–H and O–H groups in total. The Morgan fingerprint density at radius 3 is 2.42 bits per heavy atom. The first kappa shape index (κ1) is 28.9. The molecule has 214 valence electrons. The summed E-state index contributed by atoms with van der Waals surface area (Å²) in [4.78, 5) is 26.2. The number of anilines is 3. The van der Waals surface area contributed by atoms with Gasteiger partial charge in [-0.05, 0) is 54.7 Å². The van der Waals surface area contributed by atoms with Crippen molar-refractivity contribution >= 4 is 23.5 Å². The molecule has 1 fully saturated rings. The summed E-state index contributed by atoms with van der Waals surface area (Å²) in [5.41, 5.74) is 0.273. The predicted octanol–water partition coefficient (Wildman–Crippen LogP) is 6.06. The lowest BCUT2D eigenvalue weighted by Gasteiger charge is -2.31. The quantitative estimate of drug-likeness (QED) is 0.319. The standard InChI is InChI=1S/C26H26F6N6O2/c1-16-4-3-11-38(14-16)21(39)18-9-7-17(8-10-18)13-33-22-35-23(37-24(36-22)40-15-25(27,28)29)34-20-6-2-5-19(12-20)26(30,31)32/h2,5-10,12,16H,3-4,11,13-15H2,1H3,(H2,33,34,35,36,37). The van der Waals surface area contributed by atoms with E-state index >= 15 is 0 Å². The van der Waals surface area contributed by atoms with Crippen LogP contribution < -0.4 is 15.4 Å². The van der Waals surface area contributed by atoms with Crippen LogP contribution in [0.5, 0.6) is 6.01 Å². The van der Waals surface area contributed by atoms with Gasteiger partial charge in [0, 0.05) is 30.9 Å². The minimum absolute atomic E-state index is 0.0444. The number of carbonyl (C=O) groups is 1. The number of nitrogens with zero attached hydrogens (tertiary/aromatic N) is 4. The fourth-order valence-electron chi connectivity index (χ4n) is 4.11. The lowest BCUT2D eigenvalue weighted by atomic mass is 9.99. The molecule has 0 saturated carbocycles. The van der Waals surface area contributed by atoms with Crippen LogP contribution in [0.2, 0.25) is 0 Å². The number of ether oxygens (including phenoxy) is 1. The zero-order valence-electron chi connectivity index (χ0n) is 21.3. The fraction of sp³-hybridized carbons (Fsp3) is 0.385. The van der Waals surface area contributed by atoms with Gasteiger partial charge in [-0.25, -0.2) is 0 Å². The highest BCUT2D eigenvalue weighted by atomic mass is 19.4. The van der Waals surface area contributed by atoms with Gasteiger partial charge in [-0.2, -0.15) is 41.3 Å². The van der Waals surface area contributed by atoms with E-state index in [0.29, 0.717) is 30.1 Å². The average Bonchev–Trinajstić information content (AvgIpc) is 2.90. The Morgan fingerprint density at radius 2 is 1.75 bits per heavy atom. The second-order valence-electron chi connectivity index (χ2n) is 9.42. The van der Waals surface area contributed by atoms with Crippen LogP contribution in [0.15, 0.2) is 48.5 Å². The third-order valence-electron chi connectivity index (χ3n) is 6.02. The van der Waals surface area contributed by atoms with Gasteiger partial charge in [-0.15, -0.1) is 0 Å². The first-order valence-corrected chi connectivity index (χ1v) is 12.4. The Labute approximate surface area is 225 Å². The molecule has 14 heteroatoms. The van der Waals surface area contributed by atoms with Crippen molar-refractivity contribution in [3.05, 3.63) is 65.2 Å². The molecule has 1 aliphatic heterocycles. The number of likely N-dealkylation sites (tertiary alicyclic amines) is 1. The molecule has 1 atom stereocenters. The summed E-state index contributed by atoms with van der Waals surface area (Å²) in [7, 11) is 0. The maximum absolute atomic E-state index is 13.1. The number of piperidine rings is 1. The van der Waals surface area contributed by atoms with Crippen LogP contribution in [-0.4, -0.2) is 51.6 Å². The SMILES string of the molecule is CC1CCCN(C(=O)c2ccc(CNc3nc(Nc4cccc(C(F)(F)F)c4)nc(OCC(F)(F)F)n3)cc2)C1. The number of amides is 1. The smallest absolute Gasteiger partial charge is 0.422 e. The van der Waals surface area contributed by atoms with Gasteiger partial charge in [-0.3, -0.25) is 4.79 Å². The number of halogens is 6. The van der Waals surface area contributed by atoms with Crippen molar-refractivity contribution in [3.63, 3.8) is 0 Å². The molecule has 0 aliphatic carbocycles. The van der Waals surface area contributed by atoms with Crippen LogP contribution in [0.4, 0.5) is 43.9 Å². The van der Waals surface area contributed by atoms with Gasteiger partial charge in [0.25, 0.3) is 5.91 Å². The van der Waals surface area contributed by atoms with Gasteiger partial charge >= 0.3 is 18.4 Å². The van der Waals surface area contributed by atoms with Crippen LogP contribution in [0.3, 0.4) is 0 Å². The molecule has 0 bridgehead atoms. The first-order valence-electron chi connectivity index (χ1n) is 12.4. The molecule has 1 saturated heterocycles. The molecule has 40 heavy (non-hydrogen) atoms. The summed E-state index contributed by atoms with van der Waals surface area (Å²) in [6, 6.07) is 10.3. The molecule has 2 aromatic carbocycles. The molecule has 2 heterocycles. The summed E-state index contributed by atoms with van der Waals surface area (Å²) in [6.07, 6.45) is -7.22. The second kappa shape index (κ2) is 12.0. The Morgan fingerprint density at radius 1 is 1.02 bits per heavy atom. The third-order valence-corrected chi connectivity index (χ3v) is 6.02. The summed E-state index contributed by atoms with van der Waals surface area (Å²) < 4.78 is 81.9. The Hall–Kier alpha value is -4.10. The van der Waals surface area contributed by atoms with Crippen molar-refractivity contribution in [1.29, 1.82) is 0 Å². The Balaban J connectivity index is 1.47. The number of rotatable bonds is 8. The first-order chi connectivity index (χ1) is 18.9. The molecule has 1 amide bonds. The highest BCUT2D eigenvalue weighted by Gasteiger charge is 2.31. The summed E-state index contributed by atoms with van der Waals surface area (Å²) in [6.45, 7) is 1.97. The van der Waals surface area contributed by atoms with Crippen molar-refractivity contribution < 1.29 is 35.9 Å². The van der Waals surface area contributed by atoms with Gasteiger partial charge < -0.3 is 20.3 Å². The molecule has 3 aromatic rings. The van der Waals surface area contributed by atoms with Crippen LogP contribution in [0, 0.1) is 5.92 Å². The van der Waals surface area contributed by atoms with Gasteiger partial charge in [0.15, 0.2) is 6.61 Å². The van der Waals surface area contributed by atoms with Gasteiger partial charge in [0.2, 0.25) is 11.9 Å². The maximum atomic E-state index is 13.1. The van der Waals surface area contributed by atoms with E-state index in [-0.39, 0.29) is 30.0 Å². The molecule has 0 spiro atoms. The van der Waals surface area contributed by atoms with Crippen molar-refractivity contribution in [3.8, 4) is 6.01 Å². The number of alkyl halides is 6. The highest BCUT2D eigenvalue weighted by molar-refractivity contribution is 5.94. The van der Waals surface area contributed by atoms with Crippen molar-refractivity contribution in [2.24, 2.45) is 5.92 Å². The lowest BCUT2D eigenvalue weighted by molar-refractivity contribution is -0.154. The molecular formula is C26H26F6N6O2. The molecule has 1 unspecified atom stereocenters. The number of carbonyl (C=O) groups excluding carboxylic acids is 1. The van der Waals surface area contributed by atoms with Crippen LogP contribution in [0.1, 0.15) is 41.3 Å². The van der Waals surface area contributed by atoms with E-state index in [2.05, 4.69) is 37.2 Å². The topological polar surface area (TPSA) is 92.3 Å². The highest BCUT2D eigenvalue weighted by Crippen LogP contribution is 2.31. The fourth-order valence-corrected chi connectivity index (χ4v) is 4.11. The number of benzene rings is 2. The summed E-state index contributed by atoms with van der Waals surface area (Å²) in [5.74, 6) is -0.116. The molecule has 8 nitrogen and oxygen atoms in total. The number of nitrogens with one attached hydrogen (secondary N) is 2. The van der Waals surface area contributed by atoms with Crippen molar-refractivity contribution in [2.75, 3.05) is 30.3 Å². The average molecular weight is 569 g/mol. The largest absolute Gasteiger partial charge is 0.454 e. The third kappa shape index (κ3) is 8.20. The van der Waals surface area contributed by atoms with E-state index in [1.54, 1.807) is 24.3 Å². The van der Waals surface area contributed by atoms with E-state index in [1.165, 1.54) is 6.07 Å².